The van der Waals surface area contributed by atoms with Crippen LogP contribution in [0.5, 0.6) is 0 Å². The van der Waals surface area contributed by atoms with Crippen LogP contribution in [0, 0.1) is 11.3 Å². The third-order valence-corrected chi connectivity index (χ3v) is 3.49. The van der Waals surface area contributed by atoms with Gasteiger partial charge in [0.1, 0.15) is 0 Å². The van der Waals surface area contributed by atoms with Crippen molar-refractivity contribution < 1.29 is 4.79 Å². The maximum atomic E-state index is 12.5. The average Bonchev–Trinajstić information content (AvgIpc) is 2.53. The van der Waals surface area contributed by atoms with Crippen LogP contribution in [0.15, 0.2) is 30.5 Å². The van der Waals surface area contributed by atoms with Gasteiger partial charge in [-0.25, -0.2) is 9.97 Å². The highest BCUT2D eigenvalue weighted by Gasteiger charge is 2.23. The highest BCUT2D eigenvalue weighted by molar-refractivity contribution is 5.94. The SMILES string of the molecule is N#Cc1cccc(C(=O)N2CCc3cnc(N)nc3C2)c1. The molecule has 0 unspecified atom stereocenters. The van der Waals surface area contributed by atoms with Gasteiger partial charge in [0, 0.05) is 18.3 Å². The summed E-state index contributed by atoms with van der Waals surface area (Å²) in [4.78, 5) is 22.4. The predicted molar refractivity (Wildman–Crippen MR) is 76.0 cm³/mol. The van der Waals surface area contributed by atoms with Crippen molar-refractivity contribution in [2.24, 2.45) is 0 Å². The van der Waals surface area contributed by atoms with E-state index >= 15 is 0 Å². The van der Waals surface area contributed by atoms with Crippen molar-refractivity contribution in [3.8, 4) is 6.07 Å². The number of aromatic nitrogens is 2. The minimum Gasteiger partial charge on any atom is -0.368 e. The van der Waals surface area contributed by atoms with E-state index in [2.05, 4.69) is 9.97 Å². The summed E-state index contributed by atoms with van der Waals surface area (Å²) in [5.74, 6) is 0.115. The lowest BCUT2D eigenvalue weighted by Crippen LogP contribution is -2.36. The second-order valence-electron chi connectivity index (χ2n) is 4.87. The van der Waals surface area contributed by atoms with Crippen molar-refractivity contribution in [2.75, 3.05) is 12.3 Å². The van der Waals surface area contributed by atoms with Crippen molar-refractivity contribution in [3.05, 3.63) is 52.8 Å². The number of nitrogen functional groups attached to an aromatic ring is 1. The number of benzene rings is 1. The minimum absolute atomic E-state index is 0.102. The van der Waals surface area contributed by atoms with Gasteiger partial charge in [-0.05, 0) is 30.2 Å². The molecule has 0 spiro atoms. The quantitative estimate of drug-likeness (QED) is 0.844. The molecule has 0 aliphatic carbocycles. The Bertz CT molecular complexity index is 750. The van der Waals surface area contributed by atoms with Crippen LogP contribution in [0.1, 0.15) is 27.2 Å². The molecule has 2 N–H and O–H groups in total. The topological polar surface area (TPSA) is 95.9 Å². The molecule has 6 heteroatoms. The first kappa shape index (κ1) is 13.1. The first-order chi connectivity index (χ1) is 10.2. The summed E-state index contributed by atoms with van der Waals surface area (Å²) in [6.45, 7) is 1.02. The fraction of sp³-hybridized carbons (Fsp3) is 0.200. The van der Waals surface area contributed by atoms with E-state index in [1.807, 2.05) is 6.07 Å². The monoisotopic (exact) mass is 279 g/mol. The summed E-state index contributed by atoms with van der Waals surface area (Å²) < 4.78 is 0. The van der Waals surface area contributed by atoms with E-state index in [9.17, 15) is 4.79 Å². The lowest BCUT2D eigenvalue weighted by molar-refractivity contribution is 0.0731. The van der Waals surface area contributed by atoms with Crippen molar-refractivity contribution in [1.29, 1.82) is 5.26 Å². The molecular weight excluding hydrogens is 266 g/mol. The molecule has 1 aromatic heterocycles. The van der Waals surface area contributed by atoms with Crippen LogP contribution < -0.4 is 5.73 Å². The molecule has 1 aliphatic heterocycles. The molecular formula is C15H13N5O. The molecule has 2 aromatic rings. The van der Waals surface area contributed by atoms with Crippen LogP contribution in [0.2, 0.25) is 0 Å². The number of nitrogens with two attached hydrogens (primary N) is 1. The van der Waals surface area contributed by atoms with Gasteiger partial charge in [-0.2, -0.15) is 5.26 Å². The first-order valence-corrected chi connectivity index (χ1v) is 6.57. The number of carbonyl (C=O) groups excluding carboxylic acids is 1. The fourth-order valence-electron chi connectivity index (χ4n) is 2.40. The number of amides is 1. The highest BCUT2D eigenvalue weighted by atomic mass is 16.2. The second-order valence-corrected chi connectivity index (χ2v) is 4.87. The van der Waals surface area contributed by atoms with E-state index in [0.717, 1.165) is 11.3 Å². The normalized spacial score (nSPS) is 13.4. The Hall–Kier alpha value is -2.94. The van der Waals surface area contributed by atoms with Gasteiger partial charge in [-0.15, -0.1) is 0 Å². The average molecular weight is 279 g/mol. The minimum atomic E-state index is -0.102. The Kier molecular flexibility index (Phi) is 3.24. The van der Waals surface area contributed by atoms with E-state index in [1.165, 1.54) is 0 Å². The molecule has 3 rings (SSSR count). The molecule has 0 saturated heterocycles. The highest BCUT2D eigenvalue weighted by Crippen LogP contribution is 2.19. The zero-order valence-corrected chi connectivity index (χ0v) is 11.3. The first-order valence-electron chi connectivity index (χ1n) is 6.57. The maximum Gasteiger partial charge on any atom is 0.254 e. The van der Waals surface area contributed by atoms with Gasteiger partial charge in [0.05, 0.1) is 23.9 Å². The fourth-order valence-corrected chi connectivity index (χ4v) is 2.40. The van der Waals surface area contributed by atoms with E-state index in [0.29, 0.717) is 30.6 Å². The number of carbonyl (C=O) groups is 1. The number of rotatable bonds is 1. The number of nitrogens with zero attached hydrogens (tertiary/aromatic N) is 4. The maximum absolute atomic E-state index is 12.5. The molecule has 104 valence electrons. The number of fused-ring (bicyclic) bond motifs is 1. The molecule has 0 atom stereocenters. The van der Waals surface area contributed by atoms with Gasteiger partial charge in [-0.3, -0.25) is 4.79 Å². The van der Waals surface area contributed by atoms with E-state index in [1.54, 1.807) is 35.4 Å². The Morgan fingerprint density at radius 3 is 3.10 bits per heavy atom. The molecule has 0 bridgehead atoms. The third kappa shape index (κ3) is 2.54. The van der Waals surface area contributed by atoms with E-state index < -0.39 is 0 Å². The Morgan fingerprint density at radius 1 is 1.43 bits per heavy atom. The Labute approximate surface area is 121 Å². The van der Waals surface area contributed by atoms with Gasteiger partial charge in [-0.1, -0.05) is 6.07 Å². The number of anilines is 1. The molecule has 2 heterocycles. The smallest absolute Gasteiger partial charge is 0.254 e. The van der Waals surface area contributed by atoms with Crippen molar-refractivity contribution in [2.45, 2.75) is 13.0 Å². The number of nitriles is 1. The predicted octanol–water partition coefficient (Wildman–Crippen LogP) is 1.13. The van der Waals surface area contributed by atoms with Gasteiger partial charge in [0.15, 0.2) is 0 Å². The standard InChI is InChI=1S/C15H13N5O/c16-7-10-2-1-3-11(6-10)14(21)20-5-4-12-8-18-15(17)19-13(12)9-20/h1-3,6,8H,4-5,9H2,(H2,17,18,19). The zero-order valence-electron chi connectivity index (χ0n) is 11.3. The van der Waals surface area contributed by atoms with Crippen molar-refractivity contribution >= 4 is 11.9 Å². The molecule has 0 saturated carbocycles. The van der Waals surface area contributed by atoms with Gasteiger partial charge >= 0.3 is 0 Å². The summed E-state index contributed by atoms with van der Waals surface area (Å²) in [6.07, 6.45) is 2.43. The van der Waals surface area contributed by atoms with Crippen LogP contribution in [0.4, 0.5) is 5.95 Å². The molecule has 6 nitrogen and oxygen atoms in total. The molecule has 0 fully saturated rings. The van der Waals surface area contributed by atoms with Crippen LogP contribution in [0.3, 0.4) is 0 Å². The van der Waals surface area contributed by atoms with Gasteiger partial charge < -0.3 is 10.6 Å². The Morgan fingerprint density at radius 2 is 2.29 bits per heavy atom. The largest absolute Gasteiger partial charge is 0.368 e. The van der Waals surface area contributed by atoms with Crippen LogP contribution in [-0.4, -0.2) is 27.3 Å². The lowest BCUT2D eigenvalue weighted by Gasteiger charge is -2.28. The number of hydrogen-bond donors (Lipinski definition) is 1. The molecule has 21 heavy (non-hydrogen) atoms. The van der Waals surface area contributed by atoms with Crippen LogP contribution in [-0.2, 0) is 13.0 Å². The lowest BCUT2D eigenvalue weighted by atomic mass is 10.0. The molecule has 1 aliphatic rings. The zero-order chi connectivity index (χ0) is 14.8. The summed E-state index contributed by atoms with van der Waals surface area (Å²) in [6, 6.07) is 8.75. The summed E-state index contributed by atoms with van der Waals surface area (Å²) in [5.41, 5.74) is 8.40. The van der Waals surface area contributed by atoms with Crippen molar-refractivity contribution in [1.82, 2.24) is 14.9 Å². The van der Waals surface area contributed by atoms with E-state index in [4.69, 9.17) is 11.0 Å². The molecule has 0 radical (unpaired) electrons. The van der Waals surface area contributed by atoms with Gasteiger partial charge in [0.25, 0.3) is 5.91 Å². The molecule has 1 amide bonds. The molecule has 1 aromatic carbocycles. The summed E-state index contributed by atoms with van der Waals surface area (Å²) in [5, 5.41) is 8.91. The van der Waals surface area contributed by atoms with E-state index in [-0.39, 0.29) is 11.9 Å². The van der Waals surface area contributed by atoms with Crippen LogP contribution in [0.25, 0.3) is 0 Å². The summed E-state index contributed by atoms with van der Waals surface area (Å²) >= 11 is 0. The van der Waals surface area contributed by atoms with Crippen LogP contribution >= 0.6 is 0 Å². The second kappa shape index (κ2) is 5.21. The van der Waals surface area contributed by atoms with Gasteiger partial charge in [0.2, 0.25) is 5.95 Å². The summed E-state index contributed by atoms with van der Waals surface area (Å²) in [7, 11) is 0. The Balaban J connectivity index is 1.85. The third-order valence-electron chi connectivity index (χ3n) is 3.49. The van der Waals surface area contributed by atoms with Crippen molar-refractivity contribution in [3.63, 3.8) is 0 Å². The number of hydrogen-bond acceptors (Lipinski definition) is 5.